The summed E-state index contributed by atoms with van der Waals surface area (Å²) in [6.45, 7) is 1.41. The minimum Gasteiger partial charge on any atom is -0.497 e. The Hall–Kier alpha value is -2.06. The summed E-state index contributed by atoms with van der Waals surface area (Å²) >= 11 is 7.57. The van der Waals surface area contributed by atoms with Crippen molar-refractivity contribution in [1.29, 1.82) is 0 Å². The van der Waals surface area contributed by atoms with Gasteiger partial charge in [0.2, 0.25) is 0 Å². The van der Waals surface area contributed by atoms with Crippen LogP contribution < -0.4 is 14.4 Å². The third-order valence-electron chi connectivity index (χ3n) is 4.40. The lowest BCUT2D eigenvalue weighted by atomic mass is 10.1. The quantitative estimate of drug-likeness (QED) is 0.465. The first-order valence-corrected chi connectivity index (χ1v) is 10.4. The second kappa shape index (κ2) is 10.8. The Morgan fingerprint density at radius 1 is 1.07 bits per heavy atom. The molecule has 1 heterocycles. The number of hydrogen-bond acceptors (Lipinski definition) is 6. The molecule has 9 heteroatoms. The highest BCUT2D eigenvalue weighted by atomic mass is 35.5. The van der Waals surface area contributed by atoms with Crippen molar-refractivity contribution >= 4 is 56.6 Å². The highest BCUT2D eigenvalue weighted by Gasteiger charge is 2.22. The molecular weight excluding hydrogens is 445 g/mol. The van der Waals surface area contributed by atoms with Crippen LogP contribution in [0, 0.1) is 0 Å². The van der Waals surface area contributed by atoms with Crippen LogP contribution in [-0.4, -0.2) is 57.2 Å². The number of carbonyl (C=O) groups is 1. The van der Waals surface area contributed by atoms with Crippen LogP contribution in [0.5, 0.6) is 11.5 Å². The van der Waals surface area contributed by atoms with Gasteiger partial charge in [0.05, 0.1) is 24.4 Å². The predicted molar refractivity (Wildman–Crippen MR) is 126 cm³/mol. The van der Waals surface area contributed by atoms with Gasteiger partial charge in [-0.05, 0) is 57.4 Å². The summed E-state index contributed by atoms with van der Waals surface area (Å²) in [5.74, 6) is 0.986. The molecular formula is C21H25Cl2N3O3S. The van der Waals surface area contributed by atoms with E-state index in [1.807, 2.05) is 26.2 Å². The maximum Gasteiger partial charge on any atom is 0.260 e. The highest BCUT2D eigenvalue weighted by molar-refractivity contribution is 7.22. The van der Waals surface area contributed by atoms with E-state index in [-0.39, 0.29) is 18.3 Å². The third kappa shape index (κ3) is 5.76. The van der Waals surface area contributed by atoms with E-state index in [0.29, 0.717) is 33.8 Å². The first-order chi connectivity index (χ1) is 13.9. The number of aromatic nitrogens is 1. The van der Waals surface area contributed by atoms with Crippen LogP contribution in [0.4, 0.5) is 5.13 Å². The zero-order chi connectivity index (χ0) is 21.0. The molecule has 0 N–H and O–H groups in total. The monoisotopic (exact) mass is 469 g/mol. The average Bonchev–Trinajstić information content (AvgIpc) is 3.12. The van der Waals surface area contributed by atoms with E-state index in [0.717, 1.165) is 23.2 Å². The fraction of sp³-hybridized carbons (Fsp3) is 0.333. The Balaban J connectivity index is 0.00000320. The normalized spacial score (nSPS) is 10.7. The molecule has 6 nitrogen and oxygen atoms in total. The standard InChI is InChI=1S/C21H24ClN3O3S.ClH/c1-24(2)8-5-9-25(21-23-18-7-6-15(22)12-19(18)29-21)20(26)14-10-16(27-3)13-17(11-14)28-4;/h6-7,10-13H,5,8-9H2,1-4H3;1H. The lowest BCUT2D eigenvalue weighted by Crippen LogP contribution is -2.33. The van der Waals surface area contributed by atoms with E-state index < -0.39 is 0 Å². The third-order valence-corrected chi connectivity index (χ3v) is 5.68. The molecule has 0 aliphatic heterocycles. The number of fused-ring (bicyclic) bond motifs is 1. The van der Waals surface area contributed by atoms with Gasteiger partial charge in [0, 0.05) is 23.2 Å². The van der Waals surface area contributed by atoms with Gasteiger partial charge in [-0.15, -0.1) is 12.4 Å². The van der Waals surface area contributed by atoms with Gasteiger partial charge in [0.1, 0.15) is 11.5 Å². The minimum atomic E-state index is -0.147. The summed E-state index contributed by atoms with van der Waals surface area (Å²) in [6.07, 6.45) is 0.816. The van der Waals surface area contributed by atoms with Crippen molar-refractivity contribution in [3.8, 4) is 11.5 Å². The maximum atomic E-state index is 13.4. The van der Waals surface area contributed by atoms with Gasteiger partial charge < -0.3 is 14.4 Å². The number of carbonyl (C=O) groups excluding carboxylic acids is 1. The van der Waals surface area contributed by atoms with Crippen LogP contribution in [0.3, 0.4) is 0 Å². The molecule has 0 atom stereocenters. The van der Waals surface area contributed by atoms with E-state index in [1.165, 1.54) is 11.3 Å². The van der Waals surface area contributed by atoms with Gasteiger partial charge in [0.15, 0.2) is 5.13 Å². The lowest BCUT2D eigenvalue weighted by Gasteiger charge is -2.21. The molecule has 0 radical (unpaired) electrons. The number of amides is 1. The lowest BCUT2D eigenvalue weighted by molar-refractivity contribution is 0.0985. The van der Waals surface area contributed by atoms with Crippen molar-refractivity contribution in [2.75, 3.05) is 46.3 Å². The summed E-state index contributed by atoms with van der Waals surface area (Å²) in [7, 11) is 7.15. The van der Waals surface area contributed by atoms with Crippen LogP contribution in [0.15, 0.2) is 36.4 Å². The van der Waals surface area contributed by atoms with Crippen molar-refractivity contribution in [2.24, 2.45) is 0 Å². The molecule has 0 saturated heterocycles. The largest absolute Gasteiger partial charge is 0.497 e. The number of methoxy groups -OCH3 is 2. The van der Waals surface area contributed by atoms with E-state index in [9.17, 15) is 4.79 Å². The van der Waals surface area contributed by atoms with Gasteiger partial charge in [-0.25, -0.2) is 4.98 Å². The van der Waals surface area contributed by atoms with Crippen molar-refractivity contribution < 1.29 is 14.3 Å². The summed E-state index contributed by atoms with van der Waals surface area (Å²) < 4.78 is 11.6. The number of benzene rings is 2. The Morgan fingerprint density at radius 3 is 2.33 bits per heavy atom. The van der Waals surface area contributed by atoms with Crippen LogP contribution in [0.2, 0.25) is 5.02 Å². The van der Waals surface area contributed by atoms with Gasteiger partial charge >= 0.3 is 0 Å². The molecule has 1 aromatic heterocycles. The molecule has 162 valence electrons. The Kier molecular flexibility index (Phi) is 8.73. The molecule has 0 fully saturated rings. The highest BCUT2D eigenvalue weighted by Crippen LogP contribution is 2.32. The van der Waals surface area contributed by atoms with Crippen LogP contribution >= 0.6 is 35.3 Å². The molecule has 0 aliphatic rings. The summed E-state index contributed by atoms with van der Waals surface area (Å²) in [6, 6.07) is 10.7. The Morgan fingerprint density at radius 2 is 1.73 bits per heavy atom. The number of halogens is 2. The van der Waals surface area contributed by atoms with Crippen molar-refractivity contribution in [3.63, 3.8) is 0 Å². The fourth-order valence-corrected chi connectivity index (χ4v) is 4.18. The number of anilines is 1. The molecule has 0 aliphatic carbocycles. The maximum absolute atomic E-state index is 13.4. The number of hydrogen-bond donors (Lipinski definition) is 0. The smallest absolute Gasteiger partial charge is 0.260 e. The number of ether oxygens (including phenoxy) is 2. The number of rotatable bonds is 8. The molecule has 3 aromatic rings. The zero-order valence-electron chi connectivity index (χ0n) is 17.3. The number of nitrogens with zero attached hydrogens (tertiary/aromatic N) is 3. The summed E-state index contributed by atoms with van der Waals surface area (Å²) in [5.41, 5.74) is 1.31. The molecule has 30 heavy (non-hydrogen) atoms. The Labute approximate surface area is 191 Å². The first-order valence-electron chi connectivity index (χ1n) is 9.17. The molecule has 0 unspecified atom stereocenters. The van der Waals surface area contributed by atoms with Crippen molar-refractivity contribution in [1.82, 2.24) is 9.88 Å². The molecule has 0 bridgehead atoms. The fourth-order valence-electron chi connectivity index (χ4n) is 2.92. The minimum absolute atomic E-state index is 0. The molecule has 2 aromatic carbocycles. The van der Waals surface area contributed by atoms with Gasteiger partial charge in [-0.1, -0.05) is 22.9 Å². The van der Waals surface area contributed by atoms with Crippen molar-refractivity contribution in [2.45, 2.75) is 6.42 Å². The van der Waals surface area contributed by atoms with E-state index in [2.05, 4.69) is 9.88 Å². The van der Waals surface area contributed by atoms with Gasteiger partial charge in [-0.2, -0.15) is 0 Å². The van der Waals surface area contributed by atoms with E-state index >= 15 is 0 Å². The van der Waals surface area contributed by atoms with Crippen LogP contribution in [0.25, 0.3) is 10.2 Å². The number of thiazole rings is 1. The van der Waals surface area contributed by atoms with Gasteiger partial charge in [-0.3, -0.25) is 9.69 Å². The molecule has 0 spiro atoms. The van der Waals surface area contributed by atoms with Crippen molar-refractivity contribution in [3.05, 3.63) is 47.0 Å². The predicted octanol–water partition coefficient (Wildman–Crippen LogP) is 4.99. The molecule has 3 rings (SSSR count). The second-order valence-electron chi connectivity index (χ2n) is 6.82. The topological polar surface area (TPSA) is 54.9 Å². The van der Waals surface area contributed by atoms with Gasteiger partial charge in [0.25, 0.3) is 5.91 Å². The van der Waals surface area contributed by atoms with E-state index in [1.54, 1.807) is 43.4 Å². The summed E-state index contributed by atoms with van der Waals surface area (Å²) in [5, 5.41) is 1.29. The molecule has 0 saturated carbocycles. The second-order valence-corrected chi connectivity index (χ2v) is 8.27. The van der Waals surface area contributed by atoms with Crippen LogP contribution in [0.1, 0.15) is 16.8 Å². The Bertz CT molecular complexity index is 988. The summed E-state index contributed by atoms with van der Waals surface area (Å²) in [4.78, 5) is 21.9. The average molecular weight is 470 g/mol. The zero-order valence-corrected chi connectivity index (χ0v) is 19.7. The molecule has 1 amide bonds. The van der Waals surface area contributed by atoms with Crippen LogP contribution in [-0.2, 0) is 0 Å². The van der Waals surface area contributed by atoms with E-state index in [4.69, 9.17) is 21.1 Å². The first kappa shape index (κ1) is 24.2. The SMILES string of the molecule is COc1cc(OC)cc(C(=O)N(CCCN(C)C)c2nc3ccc(Cl)cc3s2)c1.Cl.